The van der Waals surface area contributed by atoms with E-state index in [-0.39, 0.29) is 12.5 Å². The molecule has 1 atom stereocenters. The molecule has 0 amide bonds. The number of hydrogen-bond acceptors (Lipinski definition) is 3. The molecule has 0 aliphatic carbocycles. The molecule has 154 valence electrons. The molecule has 4 nitrogen and oxygen atoms in total. The standard InChI is InChI=1S/C26H26O4/c1-17-3-6-22(16-24(17)29-2)19-8-10-20(11-9-19)23-13-12-21-7-4-18(5-14-26(27)28)15-25(21)30-23/h3-4,6-11,15-16,23H,5,12-14H2,1-2H3,(H,27,28). The summed E-state index contributed by atoms with van der Waals surface area (Å²) in [6, 6.07) is 20.8. The molecule has 0 aromatic heterocycles. The van der Waals surface area contributed by atoms with Crippen molar-refractivity contribution in [3.63, 3.8) is 0 Å². The smallest absolute Gasteiger partial charge is 0.303 e. The van der Waals surface area contributed by atoms with Gasteiger partial charge in [-0.05, 0) is 71.7 Å². The number of aliphatic carboxylic acids is 1. The Morgan fingerprint density at radius 1 is 1.07 bits per heavy atom. The highest BCUT2D eigenvalue weighted by Crippen LogP contribution is 2.36. The zero-order valence-corrected chi connectivity index (χ0v) is 17.4. The molecule has 0 saturated carbocycles. The lowest BCUT2D eigenvalue weighted by molar-refractivity contribution is -0.136. The summed E-state index contributed by atoms with van der Waals surface area (Å²) in [5, 5.41) is 8.91. The molecule has 0 fully saturated rings. The van der Waals surface area contributed by atoms with Crippen molar-refractivity contribution in [2.75, 3.05) is 7.11 Å². The second-order valence-corrected chi connectivity index (χ2v) is 7.79. The molecule has 0 saturated heterocycles. The zero-order chi connectivity index (χ0) is 21.1. The number of ether oxygens (including phenoxy) is 2. The van der Waals surface area contributed by atoms with Gasteiger partial charge in [-0.1, -0.05) is 48.5 Å². The third-order valence-corrected chi connectivity index (χ3v) is 5.73. The largest absolute Gasteiger partial charge is 0.496 e. The summed E-state index contributed by atoms with van der Waals surface area (Å²) < 4.78 is 11.7. The summed E-state index contributed by atoms with van der Waals surface area (Å²) >= 11 is 0. The molecule has 4 rings (SSSR count). The van der Waals surface area contributed by atoms with Crippen molar-refractivity contribution in [2.24, 2.45) is 0 Å². The number of methoxy groups -OCH3 is 1. The van der Waals surface area contributed by atoms with Gasteiger partial charge in [-0.2, -0.15) is 0 Å². The van der Waals surface area contributed by atoms with Gasteiger partial charge in [-0.15, -0.1) is 0 Å². The van der Waals surface area contributed by atoms with Crippen molar-refractivity contribution in [3.05, 3.63) is 82.9 Å². The minimum absolute atomic E-state index is 0.00817. The van der Waals surface area contributed by atoms with Crippen molar-refractivity contribution in [1.82, 2.24) is 0 Å². The van der Waals surface area contributed by atoms with Crippen LogP contribution in [0.3, 0.4) is 0 Å². The van der Waals surface area contributed by atoms with Crippen molar-refractivity contribution in [1.29, 1.82) is 0 Å². The van der Waals surface area contributed by atoms with Crippen LogP contribution in [0.4, 0.5) is 0 Å². The zero-order valence-electron chi connectivity index (χ0n) is 17.4. The summed E-state index contributed by atoms with van der Waals surface area (Å²) in [6.45, 7) is 2.04. The van der Waals surface area contributed by atoms with E-state index in [1.165, 1.54) is 5.56 Å². The van der Waals surface area contributed by atoms with E-state index < -0.39 is 5.97 Å². The molecular weight excluding hydrogens is 376 g/mol. The Hall–Kier alpha value is -3.27. The molecule has 0 radical (unpaired) electrons. The van der Waals surface area contributed by atoms with Crippen LogP contribution in [0.2, 0.25) is 0 Å². The van der Waals surface area contributed by atoms with Crippen LogP contribution in [0.1, 0.15) is 41.2 Å². The highest BCUT2D eigenvalue weighted by Gasteiger charge is 2.21. The van der Waals surface area contributed by atoms with Crippen molar-refractivity contribution in [2.45, 2.75) is 38.7 Å². The highest BCUT2D eigenvalue weighted by atomic mass is 16.5. The number of hydrogen-bond donors (Lipinski definition) is 1. The van der Waals surface area contributed by atoms with Gasteiger partial charge in [0.05, 0.1) is 7.11 Å². The van der Waals surface area contributed by atoms with Crippen LogP contribution in [-0.4, -0.2) is 18.2 Å². The maximum absolute atomic E-state index is 10.8. The van der Waals surface area contributed by atoms with Crippen molar-refractivity contribution >= 4 is 5.97 Å². The van der Waals surface area contributed by atoms with Crippen molar-refractivity contribution < 1.29 is 19.4 Å². The fraction of sp³-hybridized carbons (Fsp3) is 0.269. The molecule has 1 aliphatic rings. The first kappa shape index (κ1) is 20.0. The van der Waals surface area contributed by atoms with E-state index in [9.17, 15) is 4.79 Å². The molecule has 1 aliphatic heterocycles. The number of carbonyl (C=O) groups is 1. The second-order valence-electron chi connectivity index (χ2n) is 7.79. The molecule has 1 heterocycles. The third kappa shape index (κ3) is 4.33. The number of fused-ring (bicyclic) bond motifs is 1. The Morgan fingerprint density at radius 3 is 2.57 bits per heavy atom. The average molecular weight is 402 g/mol. The van der Waals surface area contributed by atoms with Crippen molar-refractivity contribution in [3.8, 4) is 22.6 Å². The maximum Gasteiger partial charge on any atom is 0.303 e. The van der Waals surface area contributed by atoms with E-state index in [0.29, 0.717) is 6.42 Å². The van der Waals surface area contributed by atoms with Crippen LogP contribution in [0.15, 0.2) is 60.7 Å². The van der Waals surface area contributed by atoms with E-state index in [1.54, 1.807) is 7.11 Å². The van der Waals surface area contributed by atoms with Crippen LogP contribution in [0, 0.1) is 6.92 Å². The molecule has 4 heteroatoms. The lowest BCUT2D eigenvalue weighted by atomic mass is 9.94. The Bertz CT molecular complexity index is 1050. The predicted molar refractivity (Wildman–Crippen MR) is 117 cm³/mol. The summed E-state index contributed by atoms with van der Waals surface area (Å²) in [5.41, 5.74) is 6.73. The average Bonchev–Trinajstić information content (AvgIpc) is 2.77. The fourth-order valence-electron chi connectivity index (χ4n) is 3.95. The Kier molecular flexibility index (Phi) is 5.75. The SMILES string of the molecule is COc1cc(-c2ccc(C3CCc4ccc(CCC(=O)O)cc4O3)cc2)ccc1C. The summed E-state index contributed by atoms with van der Waals surface area (Å²) in [7, 11) is 1.69. The quantitative estimate of drug-likeness (QED) is 0.570. The lowest BCUT2D eigenvalue weighted by Gasteiger charge is -2.27. The minimum atomic E-state index is -0.780. The van der Waals surface area contributed by atoms with Gasteiger partial charge in [0, 0.05) is 6.42 Å². The molecule has 1 unspecified atom stereocenters. The maximum atomic E-state index is 10.8. The van der Waals surface area contributed by atoms with E-state index in [4.69, 9.17) is 14.6 Å². The molecular formula is C26H26O4. The summed E-state index contributed by atoms with van der Waals surface area (Å²) in [6.07, 6.45) is 2.54. The van der Waals surface area contributed by atoms with Gasteiger partial charge < -0.3 is 14.6 Å². The van der Waals surface area contributed by atoms with Crippen LogP contribution in [0.5, 0.6) is 11.5 Å². The number of carboxylic acid groups (broad SMARTS) is 1. The normalized spacial score (nSPS) is 15.2. The third-order valence-electron chi connectivity index (χ3n) is 5.73. The van der Waals surface area contributed by atoms with E-state index in [0.717, 1.165) is 52.2 Å². The highest BCUT2D eigenvalue weighted by molar-refractivity contribution is 5.67. The Labute approximate surface area is 177 Å². The first-order chi connectivity index (χ1) is 14.5. The van der Waals surface area contributed by atoms with Gasteiger partial charge in [0.1, 0.15) is 17.6 Å². The predicted octanol–water partition coefficient (Wildman–Crippen LogP) is 5.75. The number of rotatable bonds is 6. The summed E-state index contributed by atoms with van der Waals surface area (Å²) in [5.74, 6) is 0.988. The van der Waals surface area contributed by atoms with Gasteiger partial charge in [-0.3, -0.25) is 4.79 Å². The van der Waals surface area contributed by atoms with Gasteiger partial charge in [0.2, 0.25) is 0 Å². The second kappa shape index (κ2) is 8.62. The molecule has 30 heavy (non-hydrogen) atoms. The number of carboxylic acids is 1. The molecule has 0 bridgehead atoms. The van der Waals surface area contributed by atoms with Crippen LogP contribution in [-0.2, 0) is 17.6 Å². The topological polar surface area (TPSA) is 55.8 Å². The Balaban J connectivity index is 1.50. The van der Waals surface area contributed by atoms with Gasteiger partial charge >= 0.3 is 5.97 Å². The van der Waals surface area contributed by atoms with Gasteiger partial charge in [-0.25, -0.2) is 0 Å². The molecule has 0 spiro atoms. The fourth-order valence-corrected chi connectivity index (χ4v) is 3.95. The molecule has 1 N–H and O–H groups in total. The van der Waals surface area contributed by atoms with Crippen LogP contribution in [0.25, 0.3) is 11.1 Å². The van der Waals surface area contributed by atoms with Crippen LogP contribution >= 0.6 is 0 Å². The molecule has 3 aromatic rings. The Morgan fingerprint density at radius 2 is 1.83 bits per heavy atom. The summed E-state index contributed by atoms with van der Waals surface area (Å²) in [4.78, 5) is 10.8. The number of benzene rings is 3. The van der Waals surface area contributed by atoms with E-state index in [2.05, 4.69) is 48.5 Å². The van der Waals surface area contributed by atoms with Crippen LogP contribution < -0.4 is 9.47 Å². The van der Waals surface area contributed by atoms with Gasteiger partial charge in [0.25, 0.3) is 0 Å². The molecule has 3 aromatic carbocycles. The van der Waals surface area contributed by atoms with Gasteiger partial charge in [0.15, 0.2) is 0 Å². The first-order valence-electron chi connectivity index (χ1n) is 10.3. The number of aryl methyl sites for hydroxylation is 3. The van der Waals surface area contributed by atoms with E-state index >= 15 is 0 Å². The lowest BCUT2D eigenvalue weighted by Crippen LogP contribution is -2.15. The first-order valence-corrected chi connectivity index (χ1v) is 10.3. The monoisotopic (exact) mass is 402 g/mol. The minimum Gasteiger partial charge on any atom is -0.496 e. The van der Waals surface area contributed by atoms with E-state index in [1.807, 2.05) is 19.1 Å².